The molecule has 1 heterocycles. The van der Waals surface area contributed by atoms with Crippen molar-refractivity contribution in [2.75, 3.05) is 5.34 Å². The number of ether oxygens (including phenoxy) is 3. The summed E-state index contributed by atoms with van der Waals surface area (Å²) in [4.78, 5) is 87.5. The molecule has 3 amide bonds. The van der Waals surface area contributed by atoms with Gasteiger partial charge >= 0.3 is 18.3 Å². The first kappa shape index (κ1) is 93.6. The summed E-state index contributed by atoms with van der Waals surface area (Å²) in [6.45, 7) is 45.8. The smallest absolute Gasteiger partial charge is 0.414 e. The number of carbonyl (C=O) groups is 6. The number of rotatable bonds is 10. The summed E-state index contributed by atoms with van der Waals surface area (Å²) in [5.41, 5.74) is 16.3. The molecule has 27 heteroatoms. The number of phenolic OH excluding ortho intramolecular Hbond substituents is 6. The third kappa shape index (κ3) is 23.9. The Morgan fingerprint density at radius 3 is 1.08 bits per heavy atom. The molecule has 15 atom stereocenters. The molecule has 0 aliphatic heterocycles. The van der Waals surface area contributed by atoms with E-state index in [2.05, 4.69) is 102 Å². The van der Waals surface area contributed by atoms with Crippen molar-refractivity contribution >= 4 is 76.6 Å². The van der Waals surface area contributed by atoms with Crippen molar-refractivity contribution < 1.29 is 73.6 Å². The van der Waals surface area contributed by atoms with E-state index in [1.165, 1.54) is 65.7 Å². The Labute approximate surface area is 678 Å². The number of aromatic hydroxyl groups is 6. The van der Waals surface area contributed by atoms with Gasteiger partial charge in [-0.05, 0) is 231 Å². The normalized spacial score (nSPS) is 28.5. The lowest BCUT2D eigenvalue weighted by Gasteiger charge is -2.60. The zero-order valence-corrected chi connectivity index (χ0v) is 71.9. The molecule has 6 aliphatic rings. The van der Waals surface area contributed by atoms with Gasteiger partial charge in [0, 0.05) is 71.1 Å². The van der Waals surface area contributed by atoms with Gasteiger partial charge in [-0.15, -0.1) is 23.2 Å². The molecule has 10 rings (SSSR count). The van der Waals surface area contributed by atoms with E-state index in [1.807, 2.05) is 13.8 Å². The number of alkyl halides is 2. The van der Waals surface area contributed by atoms with Gasteiger partial charge in [-0.3, -0.25) is 30.3 Å². The Bertz CT molecular complexity index is 3990. The Morgan fingerprint density at radius 2 is 0.788 bits per heavy atom. The molecule has 113 heavy (non-hydrogen) atoms. The van der Waals surface area contributed by atoms with Gasteiger partial charge in [0.15, 0.2) is 23.3 Å². The average Bonchev–Trinajstić information content (AvgIpc) is 0.793. The van der Waals surface area contributed by atoms with E-state index >= 15 is 0 Å². The molecule has 0 saturated heterocycles. The number of phenols is 6. The maximum atomic E-state index is 14.2. The highest BCUT2D eigenvalue weighted by Crippen LogP contribution is 2.65. The molecule has 25 nitrogen and oxygen atoms in total. The number of carbonyl (C=O) groups excluding carboxylic acids is 6. The number of amides is 3. The van der Waals surface area contributed by atoms with Crippen molar-refractivity contribution in [3.8, 4) is 34.5 Å². The molecule has 0 spiro atoms. The van der Waals surface area contributed by atoms with Crippen LogP contribution in [0.25, 0.3) is 5.82 Å². The summed E-state index contributed by atoms with van der Waals surface area (Å²) in [6, 6.07) is 13.4. The van der Waals surface area contributed by atoms with Gasteiger partial charge in [0.25, 0.3) is 0 Å². The second-order valence-electron chi connectivity index (χ2n) is 37.9. The number of nitrogens with zero attached hydrogens (tertiary/aromatic N) is 4. The number of hydrogen-bond donors (Lipinski definition) is 12. The van der Waals surface area contributed by atoms with Crippen LogP contribution in [-0.2, 0) is 14.2 Å². The van der Waals surface area contributed by atoms with Gasteiger partial charge < -0.3 is 62.1 Å². The van der Waals surface area contributed by atoms with Crippen molar-refractivity contribution in [3.63, 3.8) is 0 Å². The van der Waals surface area contributed by atoms with E-state index in [-0.39, 0.29) is 155 Å². The molecule has 4 aromatic rings. The first-order valence-corrected chi connectivity index (χ1v) is 40.4. The zero-order chi connectivity index (χ0) is 85.4. The summed E-state index contributed by atoms with van der Waals surface area (Å²) >= 11 is 9.53. The van der Waals surface area contributed by atoms with Crippen LogP contribution in [0.4, 0.5) is 14.4 Å². The van der Waals surface area contributed by atoms with Crippen molar-refractivity contribution in [3.05, 3.63) is 96.3 Å². The van der Waals surface area contributed by atoms with Crippen LogP contribution in [0.2, 0.25) is 0 Å². The van der Waals surface area contributed by atoms with E-state index in [4.69, 9.17) is 59.6 Å². The quantitative estimate of drug-likeness (QED) is 0.0231. The van der Waals surface area contributed by atoms with E-state index < -0.39 is 47.0 Å². The number of guanidine groups is 2. The number of benzene rings is 3. The number of nitrogens with two attached hydrogens (primary N) is 3. The molecule has 1 aromatic heterocycles. The number of hydrogen-bond acceptors (Lipinski definition) is 19. The van der Waals surface area contributed by atoms with Crippen LogP contribution >= 0.6 is 23.2 Å². The number of alkyl carbamates (subject to hydrolysis) is 3. The number of halogens is 2. The van der Waals surface area contributed by atoms with Crippen molar-refractivity contribution in [2.45, 2.75) is 257 Å². The minimum absolute atomic E-state index is 0.000880. The third-order valence-electron chi connectivity index (χ3n) is 24.6. The SMILES string of the molecule is C=C(NC(=O)OC(C)(C)C)n1cccn1.C[C@@H]1[C@H](N)C[C@H]2C(C)(C)CCC[C@]2(C)[C@H]1C(=O)c1cc(O)cc(O)c1.C[C@@H]1[C@H](N=C(N)N)C[C@H]2C(C)(C)CCC[C@]2(C)[C@H]1C(=O)c1cc(O)cc(O)c1.C[C@@H]1[C@H](N=C(NC(=O)OC(C)(C)C)NC(=O)OC(C)(C)C)C[C@H]2C(C)(C)CCC[C@]2(C)[C@H]1C(=O)c1cc(O)cc(O)c1.ClCCl. The Hall–Kier alpha value is -8.29. The molecule has 0 unspecified atom stereocenters. The summed E-state index contributed by atoms with van der Waals surface area (Å²) in [5, 5.41) is 71.4. The lowest BCUT2D eigenvalue weighted by Crippen LogP contribution is -2.59. The first-order chi connectivity index (χ1) is 51.9. The van der Waals surface area contributed by atoms with E-state index in [9.17, 15) is 59.4 Å². The third-order valence-corrected chi connectivity index (χ3v) is 24.6. The van der Waals surface area contributed by atoms with Crippen LogP contribution in [0.3, 0.4) is 0 Å². The average molecular weight is 1610 g/mol. The van der Waals surface area contributed by atoms with Crippen LogP contribution in [0, 0.1) is 85.8 Å². The highest BCUT2D eigenvalue weighted by Gasteiger charge is 2.62. The van der Waals surface area contributed by atoms with Crippen LogP contribution in [0.1, 0.15) is 254 Å². The number of Topliss-reactive ketones (excluding diaryl/α,β-unsaturated/α-hetero) is 3. The van der Waals surface area contributed by atoms with Crippen molar-refractivity contribution in [1.29, 1.82) is 0 Å². The lowest BCUT2D eigenvalue weighted by molar-refractivity contribution is -0.0867. The second kappa shape index (κ2) is 36.7. The summed E-state index contributed by atoms with van der Waals surface area (Å²) in [7, 11) is 0. The Balaban J connectivity index is 0.000000245. The fraction of sp³-hybridized carbons (Fsp3) is 0.640. The monoisotopic (exact) mass is 1610 g/mol. The van der Waals surface area contributed by atoms with E-state index in [0.717, 1.165) is 64.2 Å². The van der Waals surface area contributed by atoms with Gasteiger partial charge in [-0.25, -0.2) is 29.1 Å². The maximum Gasteiger partial charge on any atom is 0.414 e. The van der Waals surface area contributed by atoms with Crippen LogP contribution in [0.5, 0.6) is 34.5 Å². The molecule has 6 aliphatic carbocycles. The molecule has 6 saturated carbocycles. The van der Waals surface area contributed by atoms with Crippen LogP contribution < -0.4 is 33.2 Å². The van der Waals surface area contributed by atoms with Gasteiger partial charge in [-0.2, -0.15) is 5.10 Å². The molecule has 0 bridgehead atoms. The second-order valence-corrected chi connectivity index (χ2v) is 38.7. The topological polar surface area (TPSA) is 408 Å². The highest BCUT2D eigenvalue weighted by atomic mass is 35.5. The van der Waals surface area contributed by atoms with E-state index in [1.54, 1.807) is 80.8 Å². The number of ketones is 3. The van der Waals surface area contributed by atoms with Gasteiger partial charge in [0.1, 0.15) is 57.1 Å². The maximum absolute atomic E-state index is 14.2. The predicted octanol–water partition coefficient (Wildman–Crippen LogP) is 17.3. The number of fused-ring (bicyclic) bond motifs is 3. The highest BCUT2D eigenvalue weighted by molar-refractivity contribution is 6.40. The van der Waals surface area contributed by atoms with Gasteiger partial charge in [-0.1, -0.05) is 109 Å². The van der Waals surface area contributed by atoms with Gasteiger partial charge in [0.2, 0.25) is 5.96 Å². The molecular formula is C86H130Cl2N10O15. The summed E-state index contributed by atoms with van der Waals surface area (Å²) < 4.78 is 17.3. The molecule has 0 radical (unpaired) electrons. The fourth-order valence-corrected chi connectivity index (χ4v) is 20.1. The van der Waals surface area contributed by atoms with Crippen molar-refractivity contribution in [2.24, 2.45) is 113 Å². The predicted molar refractivity (Wildman–Crippen MR) is 443 cm³/mol. The Morgan fingerprint density at radius 1 is 0.496 bits per heavy atom. The largest absolute Gasteiger partial charge is 0.508 e. The van der Waals surface area contributed by atoms with Crippen LogP contribution in [-0.4, -0.2) is 128 Å². The number of nitrogens with one attached hydrogen (secondary N) is 3. The zero-order valence-electron chi connectivity index (χ0n) is 70.4. The van der Waals surface area contributed by atoms with Crippen molar-refractivity contribution in [1.82, 2.24) is 25.7 Å². The standard InChI is InChI=1S/C32H49N3O7.C22H33N3O3.C21H31NO3.C10H15N3O2.CH2Cl2/c1-18-22(33-26(34-27(39)41-29(2,3)4)35-28(40)42-30(5,6)7)17-23-31(8,9)12-11-13-32(23,10)24(18)25(38)19-14-20(36)16-21(37)15-19;1-12-16(25-20(23)24)11-17-21(2,3)6-5-7-22(17,4)18(12)19(28)13-8-14(26)10-15(27)9-13;1-12-16(22)11-17-20(2,3)6-5-7-21(17,4)18(12)19(25)13-8-14(23)10-15(24)9-13;1-8(13-7-5-6-11-13)12-9(14)15-10(2,3)4;2-1-3/h14-16,18,22-24,36-37H,11-13,17H2,1-10H3,(H2,33,34,35,39,40);8-10,12,16-18,26-27H,5-7,11H2,1-4H3,(H4,23,24,25);8-10,12,16-18,23-24H,5-7,11,22H2,1-4H3;5-7H,1H2,2-4H3,(H,12,14);1H2/t18-,22-,23+,24-,32+;12-,16-,17+,18-,22+;12-,16-,17+,18-,21+;;/m111../s1. The Kier molecular flexibility index (Phi) is 30.4. The summed E-state index contributed by atoms with van der Waals surface area (Å²) in [6.07, 6.45) is 12.9. The first-order valence-electron chi connectivity index (χ1n) is 39.4. The molecule has 15 N–H and O–H groups in total. The summed E-state index contributed by atoms with van der Waals surface area (Å²) in [5.74, 6) is -1.19. The fourth-order valence-electron chi connectivity index (χ4n) is 20.1. The lowest BCUT2D eigenvalue weighted by atomic mass is 9.45. The van der Waals surface area contributed by atoms with Gasteiger partial charge in [0.05, 0.1) is 17.4 Å². The molecule has 628 valence electrons. The minimum Gasteiger partial charge on any atom is -0.508 e. The molecule has 6 fully saturated rings. The minimum atomic E-state index is -0.786. The number of aromatic nitrogens is 2. The number of aliphatic imine (C=N–C) groups is 2. The van der Waals surface area contributed by atoms with E-state index in [0.29, 0.717) is 35.2 Å². The van der Waals surface area contributed by atoms with Crippen LogP contribution in [0.15, 0.2) is 89.6 Å². The molecule has 3 aromatic carbocycles. The molecular weight excluding hydrogens is 1480 g/mol.